The molecule has 118 valence electrons. The van der Waals surface area contributed by atoms with Crippen molar-refractivity contribution in [3.8, 4) is 0 Å². The lowest BCUT2D eigenvalue weighted by Gasteiger charge is -2.17. The smallest absolute Gasteiger partial charge is 0.255 e. The summed E-state index contributed by atoms with van der Waals surface area (Å²) in [6.45, 7) is 0.982. The van der Waals surface area contributed by atoms with Crippen LogP contribution in [0.1, 0.15) is 16.9 Å². The maximum atomic E-state index is 12.9. The molecule has 1 saturated heterocycles. The van der Waals surface area contributed by atoms with Gasteiger partial charge < -0.3 is 10.6 Å². The van der Waals surface area contributed by atoms with Crippen molar-refractivity contribution < 1.29 is 9.59 Å². The molecule has 3 rings (SSSR count). The number of thiophene rings is 1. The van der Waals surface area contributed by atoms with Gasteiger partial charge in [0.2, 0.25) is 5.91 Å². The fourth-order valence-electron chi connectivity index (χ4n) is 2.73. The Labute approximate surface area is 139 Å². The molecule has 0 aliphatic carbocycles. The molecule has 1 aliphatic rings. The van der Waals surface area contributed by atoms with Crippen molar-refractivity contribution in [3.63, 3.8) is 0 Å². The summed E-state index contributed by atoms with van der Waals surface area (Å²) in [4.78, 5) is 26.9. The summed E-state index contributed by atoms with van der Waals surface area (Å²) in [5, 5.41) is 1.96. The van der Waals surface area contributed by atoms with Gasteiger partial charge in [0.1, 0.15) is 0 Å². The molecule has 1 fully saturated rings. The van der Waals surface area contributed by atoms with E-state index in [9.17, 15) is 9.59 Å². The van der Waals surface area contributed by atoms with Crippen LogP contribution in [-0.2, 0) is 9.59 Å². The van der Waals surface area contributed by atoms with Crippen LogP contribution in [0.5, 0.6) is 0 Å². The van der Waals surface area contributed by atoms with E-state index in [0.29, 0.717) is 25.1 Å². The molecule has 0 saturated carbocycles. The van der Waals surface area contributed by atoms with Gasteiger partial charge in [0.25, 0.3) is 5.91 Å². The van der Waals surface area contributed by atoms with E-state index in [1.165, 1.54) is 11.3 Å². The third kappa shape index (κ3) is 3.51. The maximum absolute atomic E-state index is 12.9. The van der Waals surface area contributed by atoms with Crippen LogP contribution < -0.4 is 5.73 Å². The predicted octanol–water partition coefficient (Wildman–Crippen LogP) is 2.62. The average molecular weight is 326 g/mol. The normalized spacial score (nSPS) is 18.2. The zero-order chi connectivity index (χ0) is 16.2. The molecule has 4 nitrogen and oxygen atoms in total. The molecule has 2 N–H and O–H groups in total. The van der Waals surface area contributed by atoms with Crippen molar-refractivity contribution in [3.05, 3.63) is 58.3 Å². The zero-order valence-corrected chi connectivity index (χ0v) is 13.5. The first-order chi connectivity index (χ1) is 11.1. The molecule has 1 atom stereocenters. The van der Waals surface area contributed by atoms with Crippen molar-refractivity contribution in [1.82, 2.24) is 4.90 Å². The predicted molar refractivity (Wildman–Crippen MR) is 92.5 cm³/mol. The molecule has 1 aromatic heterocycles. The maximum Gasteiger partial charge on any atom is 0.255 e. The highest BCUT2D eigenvalue weighted by molar-refractivity contribution is 7.11. The van der Waals surface area contributed by atoms with E-state index >= 15 is 0 Å². The standard InChI is InChI=1S/C18H18N2O2S/c19-17(21)14-8-9-20(12-14)18(22)15(16-7-4-10-23-16)11-13-5-2-1-3-6-13/h1-7,10-11,14H,8-9,12H2,(H2,19,21)/b15-11-/t14-/m0/s1. The monoisotopic (exact) mass is 326 g/mol. The van der Waals surface area contributed by atoms with Gasteiger partial charge in [0.05, 0.1) is 11.5 Å². The molecule has 1 aromatic carbocycles. The Kier molecular flexibility index (Phi) is 4.57. The van der Waals surface area contributed by atoms with Gasteiger partial charge in [-0.2, -0.15) is 0 Å². The zero-order valence-electron chi connectivity index (χ0n) is 12.6. The number of carbonyl (C=O) groups excluding carboxylic acids is 2. The van der Waals surface area contributed by atoms with Crippen LogP contribution in [-0.4, -0.2) is 29.8 Å². The van der Waals surface area contributed by atoms with Gasteiger partial charge >= 0.3 is 0 Å². The SMILES string of the molecule is NC(=O)[C@H]1CCN(C(=O)/C(=C\c2ccccc2)c2cccs2)C1. The van der Waals surface area contributed by atoms with Gasteiger partial charge in [-0.25, -0.2) is 0 Å². The number of amides is 2. The van der Waals surface area contributed by atoms with Crippen LogP contribution in [0.3, 0.4) is 0 Å². The molecule has 23 heavy (non-hydrogen) atoms. The van der Waals surface area contributed by atoms with Crippen LogP contribution in [0.25, 0.3) is 11.6 Å². The molecule has 0 radical (unpaired) electrons. The molecule has 2 heterocycles. The van der Waals surface area contributed by atoms with Crippen molar-refractivity contribution >= 4 is 34.8 Å². The molecule has 1 aliphatic heterocycles. The topological polar surface area (TPSA) is 63.4 Å². The van der Waals surface area contributed by atoms with Crippen molar-refractivity contribution in [2.24, 2.45) is 11.7 Å². The first-order valence-corrected chi connectivity index (χ1v) is 8.42. The molecule has 0 spiro atoms. The highest BCUT2D eigenvalue weighted by Crippen LogP contribution is 2.27. The minimum Gasteiger partial charge on any atom is -0.369 e. The number of benzene rings is 1. The Morgan fingerprint density at radius 1 is 1.17 bits per heavy atom. The summed E-state index contributed by atoms with van der Waals surface area (Å²) in [6.07, 6.45) is 2.55. The third-order valence-electron chi connectivity index (χ3n) is 4.01. The minimum absolute atomic E-state index is 0.0416. The number of rotatable bonds is 4. The Morgan fingerprint density at radius 3 is 2.57 bits per heavy atom. The Bertz CT molecular complexity index is 723. The number of primary amides is 1. The molecule has 2 amide bonds. The van der Waals surface area contributed by atoms with E-state index in [-0.39, 0.29) is 17.7 Å². The number of likely N-dealkylation sites (tertiary alicyclic amines) is 1. The Balaban J connectivity index is 1.89. The Morgan fingerprint density at radius 2 is 1.96 bits per heavy atom. The van der Waals surface area contributed by atoms with Gasteiger partial charge in [-0.1, -0.05) is 36.4 Å². The summed E-state index contributed by atoms with van der Waals surface area (Å²) in [5.74, 6) is -0.606. The van der Waals surface area contributed by atoms with Crippen molar-refractivity contribution in [2.45, 2.75) is 6.42 Å². The molecule has 0 bridgehead atoms. The molecule has 5 heteroatoms. The first kappa shape index (κ1) is 15.5. The lowest BCUT2D eigenvalue weighted by Crippen LogP contribution is -2.32. The van der Waals surface area contributed by atoms with E-state index < -0.39 is 0 Å². The largest absolute Gasteiger partial charge is 0.369 e. The second-order valence-corrected chi connectivity index (χ2v) is 6.53. The highest BCUT2D eigenvalue weighted by Gasteiger charge is 2.31. The van der Waals surface area contributed by atoms with E-state index in [4.69, 9.17) is 5.73 Å². The number of hydrogen-bond acceptors (Lipinski definition) is 3. The molecule has 2 aromatic rings. The summed E-state index contributed by atoms with van der Waals surface area (Å²) >= 11 is 1.54. The van der Waals surface area contributed by atoms with Gasteiger partial charge in [-0.05, 0) is 29.5 Å². The molecular weight excluding hydrogens is 308 g/mol. The highest BCUT2D eigenvalue weighted by atomic mass is 32.1. The van der Waals surface area contributed by atoms with E-state index in [0.717, 1.165) is 10.4 Å². The van der Waals surface area contributed by atoms with Crippen LogP contribution in [0.15, 0.2) is 47.8 Å². The second-order valence-electron chi connectivity index (χ2n) is 5.59. The van der Waals surface area contributed by atoms with Crippen LogP contribution in [0, 0.1) is 5.92 Å². The van der Waals surface area contributed by atoms with Gasteiger partial charge in [-0.3, -0.25) is 9.59 Å². The van der Waals surface area contributed by atoms with Gasteiger partial charge in [0.15, 0.2) is 0 Å². The minimum atomic E-state index is -0.329. The van der Waals surface area contributed by atoms with Crippen molar-refractivity contribution in [2.75, 3.05) is 13.1 Å². The summed E-state index contributed by atoms with van der Waals surface area (Å²) < 4.78 is 0. The van der Waals surface area contributed by atoms with Crippen LogP contribution in [0.2, 0.25) is 0 Å². The fraction of sp³-hybridized carbons (Fsp3) is 0.222. The third-order valence-corrected chi connectivity index (χ3v) is 4.91. The lowest BCUT2D eigenvalue weighted by molar-refractivity contribution is -0.124. The van der Waals surface area contributed by atoms with Gasteiger partial charge in [-0.15, -0.1) is 11.3 Å². The fourth-order valence-corrected chi connectivity index (χ4v) is 3.47. The summed E-state index contributed by atoms with van der Waals surface area (Å²) in [5.41, 5.74) is 7.01. The summed E-state index contributed by atoms with van der Waals surface area (Å²) in [6, 6.07) is 13.7. The van der Waals surface area contributed by atoms with E-state index in [1.807, 2.05) is 53.9 Å². The molecular formula is C18H18N2O2S. The van der Waals surface area contributed by atoms with Crippen LogP contribution >= 0.6 is 11.3 Å². The Hall–Kier alpha value is -2.40. The number of hydrogen-bond donors (Lipinski definition) is 1. The summed E-state index contributed by atoms with van der Waals surface area (Å²) in [7, 11) is 0. The average Bonchev–Trinajstić information content (AvgIpc) is 3.24. The first-order valence-electron chi connectivity index (χ1n) is 7.54. The number of nitrogens with zero attached hydrogens (tertiary/aromatic N) is 1. The molecule has 0 unspecified atom stereocenters. The van der Waals surface area contributed by atoms with E-state index in [2.05, 4.69) is 0 Å². The van der Waals surface area contributed by atoms with Gasteiger partial charge in [0, 0.05) is 18.0 Å². The van der Waals surface area contributed by atoms with Crippen LogP contribution in [0.4, 0.5) is 0 Å². The number of carbonyl (C=O) groups is 2. The lowest BCUT2D eigenvalue weighted by atomic mass is 10.1. The van der Waals surface area contributed by atoms with E-state index in [1.54, 1.807) is 4.90 Å². The second kappa shape index (κ2) is 6.79. The number of nitrogens with two attached hydrogens (primary N) is 1. The quantitative estimate of drug-likeness (QED) is 0.878. The van der Waals surface area contributed by atoms with Crippen molar-refractivity contribution in [1.29, 1.82) is 0 Å².